The fourth-order valence-corrected chi connectivity index (χ4v) is 3.11. The molecule has 14 heavy (non-hydrogen) atoms. The minimum Gasteiger partial charge on any atom is -0.317 e. The summed E-state index contributed by atoms with van der Waals surface area (Å²) in [6.07, 6.45) is 6.86. The highest BCUT2D eigenvalue weighted by molar-refractivity contribution is 7.07. The Morgan fingerprint density at radius 3 is 3.07 bits per heavy atom. The van der Waals surface area contributed by atoms with Crippen LogP contribution in [0, 0.1) is 5.92 Å². The van der Waals surface area contributed by atoms with Crippen molar-refractivity contribution in [2.75, 3.05) is 7.05 Å². The fraction of sp³-hybridized carbons (Fsp3) is 0.667. The van der Waals surface area contributed by atoms with Gasteiger partial charge in [0.05, 0.1) is 0 Å². The van der Waals surface area contributed by atoms with Gasteiger partial charge in [-0.1, -0.05) is 0 Å². The van der Waals surface area contributed by atoms with Crippen molar-refractivity contribution in [1.29, 1.82) is 0 Å². The largest absolute Gasteiger partial charge is 0.317 e. The number of aryl methyl sites for hydroxylation is 1. The summed E-state index contributed by atoms with van der Waals surface area (Å²) in [5, 5.41) is 7.85. The Kier molecular flexibility index (Phi) is 3.60. The van der Waals surface area contributed by atoms with Gasteiger partial charge in [-0.15, -0.1) is 0 Å². The van der Waals surface area contributed by atoms with E-state index in [0.29, 0.717) is 0 Å². The molecule has 0 spiro atoms. The predicted octanol–water partition coefficient (Wildman–Crippen LogP) is 3.07. The first-order chi connectivity index (χ1) is 6.88. The molecule has 0 bridgehead atoms. The molecule has 1 fully saturated rings. The van der Waals surface area contributed by atoms with Crippen molar-refractivity contribution < 1.29 is 0 Å². The highest BCUT2D eigenvalue weighted by atomic mass is 32.1. The second kappa shape index (κ2) is 4.94. The van der Waals surface area contributed by atoms with Gasteiger partial charge in [-0.25, -0.2) is 0 Å². The van der Waals surface area contributed by atoms with Crippen molar-refractivity contribution in [3.05, 3.63) is 22.4 Å². The van der Waals surface area contributed by atoms with Crippen LogP contribution in [0.2, 0.25) is 0 Å². The summed E-state index contributed by atoms with van der Waals surface area (Å²) in [5.74, 6) is 0.965. The van der Waals surface area contributed by atoms with Gasteiger partial charge in [0.2, 0.25) is 0 Å². The number of thiophene rings is 1. The van der Waals surface area contributed by atoms with Crippen molar-refractivity contribution in [2.45, 2.75) is 38.1 Å². The molecule has 1 aliphatic carbocycles. The summed E-state index contributed by atoms with van der Waals surface area (Å²) < 4.78 is 0. The van der Waals surface area contributed by atoms with Gasteiger partial charge in [0, 0.05) is 6.04 Å². The zero-order valence-electron chi connectivity index (χ0n) is 8.83. The molecule has 0 radical (unpaired) electrons. The van der Waals surface area contributed by atoms with Crippen molar-refractivity contribution in [3.63, 3.8) is 0 Å². The molecule has 0 aliphatic heterocycles. The van der Waals surface area contributed by atoms with Crippen LogP contribution >= 0.6 is 11.3 Å². The molecular weight excluding hydrogens is 190 g/mol. The Hall–Kier alpha value is -0.340. The highest BCUT2D eigenvalue weighted by Crippen LogP contribution is 2.29. The molecular formula is C12H19NS. The molecule has 2 heteroatoms. The molecule has 78 valence electrons. The minimum atomic E-state index is 0.794. The average molecular weight is 209 g/mol. The van der Waals surface area contributed by atoms with Crippen LogP contribution in [0.5, 0.6) is 0 Å². The maximum absolute atomic E-state index is 3.39. The van der Waals surface area contributed by atoms with E-state index in [4.69, 9.17) is 0 Å². The molecule has 2 atom stereocenters. The topological polar surface area (TPSA) is 12.0 Å². The van der Waals surface area contributed by atoms with E-state index in [2.05, 4.69) is 29.2 Å². The van der Waals surface area contributed by atoms with Crippen LogP contribution in [-0.4, -0.2) is 13.1 Å². The lowest BCUT2D eigenvalue weighted by molar-refractivity contribution is 0.480. The van der Waals surface area contributed by atoms with Crippen molar-refractivity contribution >= 4 is 11.3 Å². The molecule has 2 rings (SSSR count). The number of nitrogens with one attached hydrogen (secondary N) is 1. The third kappa shape index (κ3) is 2.58. The second-order valence-corrected chi connectivity index (χ2v) is 5.11. The van der Waals surface area contributed by atoms with E-state index in [0.717, 1.165) is 12.0 Å². The summed E-state index contributed by atoms with van der Waals surface area (Å²) in [4.78, 5) is 0. The number of rotatable bonds is 4. The van der Waals surface area contributed by atoms with E-state index >= 15 is 0 Å². The summed E-state index contributed by atoms with van der Waals surface area (Å²) >= 11 is 1.81. The molecule has 1 aliphatic rings. The monoisotopic (exact) mass is 209 g/mol. The Morgan fingerprint density at radius 1 is 1.50 bits per heavy atom. The molecule has 0 saturated heterocycles. The Morgan fingerprint density at radius 2 is 2.43 bits per heavy atom. The first-order valence-electron chi connectivity index (χ1n) is 5.57. The van der Waals surface area contributed by atoms with E-state index < -0.39 is 0 Å². The summed E-state index contributed by atoms with van der Waals surface area (Å²) in [7, 11) is 2.09. The normalized spacial score (nSPS) is 26.9. The van der Waals surface area contributed by atoms with Crippen LogP contribution in [0.1, 0.15) is 31.2 Å². The predicted molar refractivity (Wildman–Crippen MR) is 62.8 cm³/mol. The molecule has 1 nitrogen and oxygen atoms in total. The van der Waals surface area contributed by atoms with Crippen LogP contribution in [-0.2, 0) is 6.42 Å². The summed E-state index contributed by atoms with van der Waals surface area (Å²) in [5.41, 5.74) is 1.53. The van der Waals surface area contributed by atoms with Crippen LogP contribution < -0.4 is 5.32 Å². The van der Waals surface area contributed by atoms with Gasteiger partial charge < -0.3 is 5.32 Å². The zero-order chi connectivity index (χ0) is 9.80. The molecule has 1 aromatic rings. The van der Waals surface area contributed by atoms with Gasteiger partial charge in [0.1, 0.15) is 0 Å². The molecule has 1 heterocycles. The SMILES string of the molecule is CNC1CCC(CCc2ccsc2)C1. The maximum atomic E-state index is 3.39. The summed E-state index contributed by atoms with van der Waals surface area (Å²) in [6.45, 7) is 0. The molecule has 1 saturated carbocycles. The standard InChI is InChI=1S/C12H19NS/c1-13-12-5-4-10(8-12)2-3-11-6-7-14-9-11/h6-7,9-10,12-13H,2-5,8H2,1H3. The third-order valence-corrected chi connectivity index (χ3v) is 4.10. The Balaban J connectivity index is 1.72. The smallest absolute Gasteiger partial charge is 0.00668 e. The molecule has 1 aromatic heterocycles. The van der Waals surface area contributed by atoms with Gasteiger partial charge in [-0.3, -0.25) is 0 Å². The Labute approximate surface area is 90.5 Å². The number of hydrogen-bond donors (Lipinski definition) is 1. The first-order valence-corrected chi connectivity index (χ1v) is 6.51. The van der Waals surface area contributed by atoms with E-state index in [1.165, 1.54) is 37.7 Å². The number of hydrogen-bond acceptors (Lipinski definition) is 2. The van der Waals surface area contributed by atoms with Crippen molar-refractivity contribution in [1.82, 2.24) is 5.32 Å². The lowest BCUT2D eigenvalue weighted by Crippen LogP contribution is -2.21. The van der Waals surface area contributed by atoms with Gasteiger partial charge in [0.15, 0.2) is 0 Å². The fourth-order valence-electron chi connectivity index (χ4n) is 2.41. The highest BCUT2D eigenvalue weighted by Gasteiger charge is 2.22. The Bertz CT molecular complexity index is 255. The second-order valence-electron chi connectivity index (χ2n) is 4.33. The first kappa shape index (κ1) is 10.2. The quantitative estimate of drug-likeness (QED) is 0.803. The van der Waals surface area contributed by atoms with E-state index in [-0.39, 0.29) is 0 Å². The third-order valence-electron chi connectivity index (χ3n) is 3.37. The van der Waals surface area contributed by atoms with E-state index in [1.807, 2.05) is 11.3 Å². The summed E-state index contributed by atoms with van der Waals surface area (Å²) in [6, 6.07) is 3.05. The zero-order valence-corrected chi connectivity index (χ0v) is 9.65. The lowest BCUT2D eigenvalue weighted by Gasteiger charge is -2.09. The van der Waals surface area contributed by atoms with Gasteiger partial charge >= 0.3 is 0 Å². The van der Waals surface area contributed by atoms with Crippen LogP contribution in [0.3, 0.4) is 0 Å². The van der Waals surface area contributed by atoms with Crippen LogP contribution in [0.4, 0.5) is 0 Å². The molecule has 0 amide bonds. The van der Waals surface area contributed by atoms with Crippen LogP contribution in [0.25, 0.3) is 0 Å². The van der Waals surface area contributed by atoms with Gasteiger partial charge in [-0.2, -0.15) is 11.3 Å². The average Bonchev–Trinajstić information content (AvgIpc) is 2.86. The molecule has 1 N–H and O–H groups in total. The van der Waals surface area contributed by atoms with E-state index in [1.54, 1.807) is 0 Å². The van der Waals surface area contributed by atoms with Gasteiger partial charge in [0.25, 0.3) is 0 Å². The molecule has 0 aromatic carbocycles. The van der Waals surface area contributed by atoms with E-state index in [9.17, 15) is 0 Å². The van der Waals surface area contributed by atoms with Crippen LogP contribution in [0.15, 0.2) is 16.8 Å². The maximum Gasteiger partial charge on any atom is 0.00668 e. The molecule has 2 unspecified atom stereocenters. The van der Waals surface area contributed by atoms with Crippen molar-refractivity contribution in [2.24, 2.45) is 5.92 Å². The minimum absolute atomic E-state index is 0.794. The van der Waals surface area contributed by atoms with Gasteiger partial charge in [-0.05, 0) is 67.5 Å². The van der Waals surface area contributed by atoms with Crippen molar-refractivity contribution in [3.8, 4) is 0 Å². The lowest BCUT2D eigenvalue weighted by atomic mass is 9.99.